The van der Waals surface area contributed by atoms with Crippen LogP contribution in [0.1, 0.15) is 20.8 Å². The molecule has 17 heavy (non-hydrogen) atoms. The van der Waals surface area contributed by atoms with Gasteiger partial charge in [0, 0.05) is 18.6 Å². The summed E-state index contributed by atoms with van der Waals surface area (Å²) < 4.78 is 1.52. The van der Waals surface area contributed by atoms with Crippen molar-refractivity contribution in [3.63, 3.8) is 0 Å². The molecule has 0 fully saturated rings. The molecule has 2 heterocycles. The Morgan fingerprint density at radius 2 is 2.29 bits per heavy atom. The van der Waals surface area contributed by atoms with E-state index in [2.05, 4.69) is 15.4 Å². The number of nitrogens with one attached hydrogen (secondary N) is 1. The van der Waals surface area contributed by atoms with Gasteiger partial charge in [-0.1, -0.05) is 0 Å². The molecule has 88 valence electrons. The first-order chi connectivity index (χ1) is 8.06. The maximum atomic E-state index is 11.7. The maximum Gasteiger partial charge on any atom is 0.268 e. The quantitative estimate of drug-likeness (QED) is 0.814. The number of aryl methyl sites for hydroxylation is 1. The lowest BCUT2D eigenvalue weighted by molar-refractivity contribution is 0.0992. The van der Waals surface area contributed by atoms with Gasteiger partial charge in [-0.2, -0.15) is 5.10 Å². The molecule has 0 spiro atoms. The molecule has 0 saturated heterocycles. The molecule has 0 radical (unpaired) electrons. The minimum absolute atomic E-state index is 0.136. The lowest BCUT2D eigenvalue weighted by Crippen LogP contribution is -2.13. The summed E-state index contributed by atoms with van der Waals surface area (Å²) in [6, 6.07) is 0. The third-order valence-electron chi connectivity index (χ3n) is 1.94. The van der Waals surface area contributed by atoms with Crippen molar-refractivity contribution in [1.29, 1.82) is 0 Å². The van der Waals surface area contributed by atoms with E-state index in [1.54, 1.807) is 13.2 Å². The molecule has 0 aliphatic rings. The summed E-state index contributed by atoms with van der Waals surface area (Å²) in [5, 5.41) is 8.25. The minimum Gasteiger partial charge on any atom is -0.364 e. The Morgan fingerprint density at radius 1 is 1.53 bits per heavy atom. The van der Waals surface area contributed by atoms with Crippen LogP contribution in [-0.4, -0.2) is 26.6 Å². The Morgan fingerprint density at radius 3 is 2.82 bits per heavy atom. The van der Waals surface area contributed by atoms with Crippen LogP contribution in [0.4, 0.5) is 5.13 Å². The molecule has 2 rings (SSSR count). The van der Waals surface area contributed by atoms with E-state index in [0.717, 1.165) is 11.3 Å². The van der Waals surface area contributed by atoms with Crippen molar-refractivity contribution in [2.75, 3.05) is 5.32 Å². The third kappa shape index (κ3) is 2.48. The van der Waals surface area contributed by atoms with Gasteiger partial charge in [0.15, 0.2) is 5.13 Å². The van der Waals surface area contributed by atoms with E-state index in [1.807, 2.05) is 0 Å². The predicted octanol–water partition coefficient (Wildman–Crippen LogP) is 0.228. The number of carbonyl (C=O) groups is 2. The summed E-state index contributed by atoms with van der Waals surface area (Å²) >= 11 is 1.14. The highest BCUT2D eigenvalue weighted by Crippen LogP contribution is 2.15. The van der Waals surface area contributed by atoms with E-state index >= 15 is 0 Å². The van der Waals surface area contributed by atoms with E-state index < -0.39 is 5.91 Å². The van der Waals surface area contributed by atoms with Crippen LogP contribution in [0.2, 0.25) is 0 Å². The Labute approximate surface area is 100 Å². The van der Waals surface area contributed by atoms with Crippen LogP contribution in [0.3, 0.4) is 0 Å². The fraction of sp³-hybridized carbons (Fsp3) is 0.111. The number of aromatic nitrogens is 3. The average Bonchev–Trinajstić information content (AvgIpc) is 2.86. The second-order valence-electron chi connectivity index (χ2n) is 3.26. The summed E-state index contributed by atoms with van der Waals surface area (Å²) in [7, 11) is 1.71. The Bertz CT molecular complexity index is 573. The number of thiazole rings is 1. The van der Waals surface area contributed by atoms with Crippen LogP contribution in [0.25, 0.3) is 0 Å². The SMILES string of the molecule is Cn1cc(C(=O)Nc2nc(C(N)=O)cs2)cn1. The number of amides is 2. The number of carbonyl (C=O) groups excluding carboxylic acids is 2. The first-order valence-corrected chi connectivity index (χ1v) is 5.49. The second kappa shape index (κ2) is 4.34. The largest absolute Gasteiger partial charge is 0.364 e. The zero-order valence-corrected chi connectivity index (χ0v) is 9.69. The highest BCUT2D eigenvalue weighted by atomic mass is 32.1. The van der Waals surface area contributed by atoms with Gasteiger partial charge in [-0.05, 0) is 0 Å². The predicted molar refractivity (Wildman–Crippen MR) is 61.8 cm³/mol. The van der Waals surface area contributed by atoms with Crippen molar-refractivity contribution < 1.29 is 9.59 Å². The van der Waals surface area contributed by atoms with Gasteiger partial charge in [-0.3, -0.25) is 19.6 Å². The molecular formula is C9H9N5O2S. The molecule has 2 aromatic heterocycles. The number of rotatable bonds is 3. The van der Waals surface area contributed by atoms with Crippen molar-refractivity contribution in [2.24, 2.45) is 12.8 Å². The average molecular weight is 251 g/mol. The van der Waals surface area contributed by atoms with Crippen molar-refractivity contribution in [1.82, 2.24) is 14.8 Å². The standard InChI is InChI=1S/C9H9N5O2S/c1-14-3-5(2-11-14)8(16)13-9-12-6(4-17-9)7(10)15/h2-4H,1H3,(H2,10,15)(H,12,13,16). The maximum absolute atomic E-state index is 11.7. The number of hydrogen-bond acceptors (Lipinski definition) is 5. The zero-order chi connectivity index (χ0) is 12.4. The summed E-state index contributed by atoms with van der Waals surface area (Å²) in [6.45, 7) is 0. The molecular weight excluding hydrogens is 242 g/mol. The van der Waals surface area contributed by atoms with Crippen LogP contribution < -0.4 is 11.1 Å². The van der Waals surface area contributed by atoms with Crippen molar-refractivity contribution >= 4 is 28.3 Å². The number of primary amides is 1. The fourth-order valence-corrected chi connectivity index (χ4v) is 1.85. The van der Waals surface area contributed by atoms with Gasteiger partial charge in [0.25, 0.3) is 11.8 Å². The molecule has 0 saturated carbocycles. The minimum atomic E-state index is -0.622. The van der Waals surface area contributed by atoms with E-state index in [-0.39, 0.29) is 11.6 Å². The van der Waals surface area contributed by atoms with Gasteiger partial charge in [0.2, 0.25) is 0 Å². The monoisotopic (exact) mass is 251 g/mol. The Kier molecular flexibility index (Phi) is 2.88. The normalized spacial score (nSPS) is 10.2. The van der Waals surface area contributed by atoms with Crippen LogP contribution in [0, 0.1) is 0 Å². The molecule has 0 aromatic carbocycles. The van der Waals surface area contributed by atoms with Gasteiger partial charge >= 0.3 is 0 Å². The topological polar surface area (TPSA) is 103 Å². The van der Waals surface area contributed by atoms with Crippen molar-refractivity contribution in [3.8, 4) is 0 Å². The molecule has 0 atom stereocenters. The molecule has 0 unspecified atom stereocenters. The highest BCUT2D eigenvalue weighted by Gasteiger charge is 2.12. The number of nitrogens with zero attached hydrogens (tertiary/aromatic N) is 3. The first kappa shape index (κ1) is 11.3. The molecule has 0 aliphatic heterocycles. The van der Waals surface area contributed by atoms with Crippen LogP contribution >= 0.6 is 11.3 Å². The van der Waals surface area contributed by atoms with E-state index in [0.29, 0.717) is 10.7 Å². The van der Waals surface area contributed by atoms with E-state index in [9.17, 15) is 9.59 Å². The van der Waals surface area contributed by atoms with Gasteiger partial charge in [0.1, 0.15) is 5.69 Å². The van der Waals surface area contributed by atoms with Crippen molar-refractivity contribution in [3.05, 3.63) is 29.0 Å². The second-order valence-corrected chi connectivity index (χ2v) is 4.12. The highest BCUT2D eigenvalue weighted by molar-refractivity contribution is 7.14. The zero-order valence-electron chi connectivity index (χ0n) is 8.88. The number of nitrogens with two attached hydrogens (primary N) is 1. The molecule has 2 aromatic rings. The molecule has 0 bridgehead atoms. The Hall–Kier alpha value is -2.22. The molecule has 3 N–H and O–H groups in total. The van der Waals surface area contributed by atoms with Gasteiger partial charge in [-0.25, -0.2) is 4.98 Å². The van der Waals surface area contributed by atoms with Gasteiger partial charge in [-0.15, -0.1) is 11.3 Å². The van der Waals surface area contributed by atoms with E-state index in [1.165, 1.54) is 16.3 Å². The van der Waals surface area contributed by atoms with Gasteiger partial charge in [0.05, 0.1) is 11.8 Å². The van der Waals surface area contributed by atoms with Crippen molar-refractivity contribution in [2.45, 2.75) is 0 Å². The fourth-order valence-electron chi connectivity index (χ4n) is 1.15. The summed E-state index contributed by atoms with van der Waals surface area (Å²) in [5.74, 6) is -0.952. The summed E-state index contributed by atoms with van der Waals surface area (Å²) in [6.07, 6.45) is 3.02. The van der Waals surface area contributed by atoms with Gasteiger partial charge < -0.3 is 5.73 Å². The molecule has 2 amide bonds. The van der Waals surface area contributed by atoms with Crippen LogP contribution in [-0.2, 0) is 7.05 Å². The first-order valence-electron chi connectivity index (χ1n) is 4.61. The number of hydrogen-bond donors (Lipinski definition) is 2. The van der Waals surface area contributed by atoms with Crippen LogP contribution in [0.5, 0.6) is 0 Å². The smallest absolute Gasteiger partial charge is 0.268 e. The lowest BCUT2D eigenvalue weighted by atomic mass is 10.3. The molecule has 7 nitrogen and oxygen atoms in total. The van der Waals surface area contributed by atoms with Crippen LogP contribution in [0.15, 0.2) is 17.8 Å². The lowest BCUT2D eigenvalue weighted by Gasteiger charge is -1.97. The summed E-state index contributed by atoms with van der Waals surface area (Å²) in [5.41, 5.74) is 5.61. The third-order valence-corrected chi connectivity index (χ3v) is 2.70. The van der Waals surface area contributed by atoms with E-state index in [4.69, 9.17) is 5.73 Å². The Balaban J connectivity index is 2.10. The summed E-state index contributed by atoms with van der Waals surface area (Å²) in [4.78, 5) is 26.4. The molecule has 8 heteroatoms. The molecule has 0 aliphatic carbocycles. The number of anilines is 1.